The lowest BCUT2D eigenvalue weighted by Gasteiger charge is -2.13. The number of halogens is 1. The number of amides is 1. The van der Waals surface area contributed by atoms with Gasteiger partial charge in [0.2, 0.25) is 5.91 Å². The van der Waals surface area contributed by atoms with E-state index in [1.54, 1.807) is 10.6 Å². The third-order valence-corrected chi connectivity index (χ3v) is 3.74. The Morgan fingerprint density at radius 2 is 2.04 bits per heavy atom. The van der Waals surface area contributed by atoms with Gasteiger partial charge in [0.05, 0.1) is 5.69 Å². The van der Waals surface area contributed by atoms with Crippen LogP contribution in [0.1, 0.15) is 31.7 Å². The van der Waals surface area contributed by atoms with Crippen LogP contribution in [0.25, 0.3) is 0 Å². The number of benzene rings is 1. The normalized spacial score (nSPS) is 10.6. The minimum Gasteiger partial charge on any atom is -0.397 e. The van der Waals surface area contributed by atoms with Gasteiger partial charge in [-0.3, -0.25) is 4.79 Å². The van der Waals surface area contributed by atoms with Crippen molar-refractivity contribution in [2.45, 2.75) is 33.2 Å². The van der Waals surface area contributed by atoms with Crippen LogP contribution in [0.15, 0.2) is 30.3 Å². The van der Waals surface area contributed by atoms with Gasteiger partial charge in [-0.15, -0.1) is 0 Å². The number of nitrogen functional groups attached to an aromatic ring is 1. The zero-order valence-corrected chi connectivity index (χ0v) is 13.8. The van der Waals surface area contributed by atoms with E-state index < -0.39 is 0 Å². The largest absolute Gasteiger partial charge is 0.397 e. The van der Waals surface area contributed by atoms with E-state index >= 15 is 0 Å². The van der Waals surface area contributed by atoms with Crippen LogP contribution >= 0.6 is 0 Å². The number of carbonyl (C=O) groups is 1. The highest BCUT2D eigenvalue weighted by molar-refractivity contribution is 5.90. The summed E-state index contributed by atoms with van der Waals surface area (Å²) in [5.41, 5.74) is 8.20. The molecule has 1 amide bonds. The maximum Gasteiger partial charge on any atom is 0.244 e. The van der Waals surface area contributed by atoms with Crippen molar-refractivity contribution >= 4 is 17.3 Å². The van der Waals surface area contributed by atoms with Gasteiger partial charge in [-0.1, -0.05) is 13.8 Å². The van der Waals surface area contributed by atoms with E-state index in [0.717, 1.165) is 12.1 Å². The topological polar surface area (TPSA) is 83.8 Å². The summed E-state index contributed by atoms with van der Waals surface area (Å²) in [6.45, 7) is 4.21. The second-order valence-electron chi connectivity index (χ2n) is 6.12. The molecule has 0 bridgehead atoms. The molecule has 24 heavy (non-hydrogen) atoms. The molecule has 0 aliphatic carbocycles. The average molecular weight is 328 g/mol. The number of nitriles is 1. The first-order valence-corrected chi connectivity index (χ1v) is 7.84. The standard InChI is InChI=1S/C18H21FN4O/c1-12(2)3-8-17-16(21)9-15(10-20)23(17)11-18(24)22-14-6-4-13(19)5-7-14/h4-7,9,12H,3,8,11,21H2,1-2H3,(H,22,24). The lowest BCUT2D eigenvalue weighted by Crippen LogP contribution is -2.21. The molecule has 0 aliphatic heterocycles. The summed E-state index contributed by atoms with van der Waals surface area (Å²) in [4.78, 5) is 12.3. The summed E-state index contributed by atoms with van der Waals surface area (Å²) in [7, 11) is 0. The van der Waals surface area contributed by atoms with Gasteiger partial charge < -0.3 is 15.6 Å². The second-order valence-corrected chi connectivity index (χ2v) is 6.12. The Bertz CT molecular complexity index is 757. The zero-order valence-electron chi connectivity index (χ0n) is 13.8. The van der Waals surface area contributed by atoms with E-state index in [1.807, 2.05) is 0 Å². The van der Waals surface area contributed by atoms with E-state index in [2.05, 4.69) is 25.2 Å². The first kappa shape index (κ1) is 17.5. The van der Waals surface area contributed by atoms with Gasteiger partial charge in [-0.2, -0.15) is 5.26 Å². The quantitative estimate of drug-likeness (QED) is 0.853. The third kappa shape index (κ3) is 4.35. The molecular formula is C18H21FN4O. The fourth-order valence-electron chi connectivity index (χ4n) is 2.47. The van der Waals surface area contributed by atoms with Gasteiger partial charge in [0.25, 0.3) is 0 Å². The number of hydrogen-bond acceptors (Lipinski definition) is 3. The van der Waals surface area contributed by atoms with Crippen molar-refractivity contribution in [3.63, 3.8) is 0 Å². The first-order valence-electron chi connectivity index (χ1n) is 7.84. The molecule has 6 heteroatoms. The van der Waals surface area contributed by atoms with E-state index in [9.17, 15) is 14.4 Å². The molecule has 0 atom stereocenters. The molecule has 0 spiro atoms. The van der Waals surface area contributed by atoms with Crippen molar-refractivity contribution in [3.05, 3.63) is 47.5 Å². The number of nitrogens with one attached hydrogen (secondary N) is 1. The molecule has 0 aliphatic rings. The number of nitrogens with zero attached hydrogens (tertiary/aromatic N) is 2. The minimum absolute atomic E-state index is 0.00903. The molecule has 0 unspecified atom stereocenters. The summed E-state index contributed by atoms with van der Waals surface area (Å²) in [5.74, 6) is -0.167. The summed E-state index contributed by atoms with van der Waals surface area (Å²) < 4.78 is 14.6. The maximum atomic E-state index is 12.9. The van der Waals surface area contributed by atoms with Crippen LogP contribution in [-0.4, -0.2) is 10.5 Å². The van der Waals surface area contributed by atoms with Crippen molar-refractivity contribution in [1.29, 1.82) is 5.26 Å². The smallest absolute Gasteiger partial charge is 0.244 e. The van der Waals surface area contributed by atoms with Gasteiger partial charge in [-0.25, -0.2) is 4.39 Å². The molecule has 1 heterocycles. The molecule has 1 aromatic heterocycles. The van der Waals surface area contributed by atoms with E-state index in [4.69, 9.17) is 5.73 Å². The summed E-state index contributed by atoms with van der Waals surface area (Å²) in [6.07, 6.45) is 1.62. The molecule has 2 rings (SSSR count). The van der Waals surface area contributed by atoms with Crippen molar-refractivity contribution in [2.75, 3.05) is 11.1 Å². The van der Waals surface area contributed by atoms with Gasteiger partial charge in [0, 0.05) is 11.4 Å². The molecule has 0 radical (unpaired) electrons. The molecule has 2 aromatic rings. The minimum atomic E-state index is -0.367. The van der Waals surface area contributed by atoms with Crippen molar-refractivity contribution in [1.82, 2.24) is 4.57 Å². The Balaban J connectivity index is 2.16. The number of carbonyl (C=O) groups excluding carboxylic acids is 1. The Hall–Kier alpha value is -2.81. The third-order valence-electron chi connectivity index (χ3n) is 3.74. The fraction of sp³-hybridized carbons (Fsp3) is 0.333. The van der Waals surface area contributed by atoms with E-state index in [0.29, 0.717) is 29.4 Å². The second kappa shape index (κ2) is 7.64. The highest BCUT2D eigenvalue weighted by Crippen LogP contribution is 2.21. The Morgan fingerprint density at radius 3 is 2.62 bits per heavy atom. The van der Waals surface area contributed by atoms with Crippen LogP contribution in [0, 0.1) is 23.1 Å². The highest BCUT2D eigenvalue weighted by atomic mass is 19.1. The van der Waals surface area contributed by atoms with Crippen LogP contribution in [0.2, 0.25) is 0 Å². The zero-order chi connectivity index (χ0) is 17.7. The predicted octanol–water partition coefficient (Wildman–Crippen LogP) is 3.31. The number of nitrogens with two attached hydrogens (primary N) is 1. The van der Waals surface area contributed by atoms with Crippen LogP contribution in [-0.2, 0) is 17.8 Å². The van der Waals surface area contributed by atoms with Crippen molar-refractivity contribution in [3.8, 4) is 6.07 Å². The Labute approximate surface area is 140 Å². The SMILES string of the molecule is CC(C)CCc1c(N)cc(C#N)n1CC(=O)Nc1ccc(F)cc1. The van der Waals surface area contributed by atoms with E-state index in [-0.39, 0.29) is 18.3 Å². The van der Waals surface area contributed by atoms with Crippen LogP contribution < -0.4 is 11.1 Å². The van der Waals surface area contributed by atoms with Crippen LogP contribution in [0.3, 0.4) is 0 Å². The maximum absolute atomic E-state index is 12.9. The lowest BCUT2D eigenvalue weighted by atomic mass is 10.1. The number of aromatic nitrogens is 1. The predicted molar refractivity (Wildman–Crippen MR) is 91.7 cm³/mol. The van der Waals surface area contributed by atoms with E-state index in [1.165, 1.54) is 24.3 Å². The summed E-state index contributed by atoms with van der Waals surface area (Å²) in [5, 5.41) is 12.0. The van der Waals surface area contributed by atoms with Crippen LogP contribution in [0.4, 0.5) is 15.8 Å². The van der Waals surface area contributed by atoms with Crippen molar-refractivity contribution in [2.24, 2.45) is 5.92 Å². The number of hydrogen-bond donors (Lipinski definition) is 2. The summed E-state index contributed by atoms with van der Waals surface area (Å²) >= 11 is 0. The fourth-order valence-corrected chi connectivity index (χ4v) is 2.47. The average Bonchev–Trinajstić information content (AvgIpc) is 2.82. The van der Waals surface area contributed by atoms with Crippen LogP contribution in [0.5, 0.6) is 0 Å². The molecule has 3 N–H and O–H groups in total. The molecule has 126 valence electrons. The molecule has 1 aromatic carbocycles. The molecule has 0 saturated carbocycles. The number of rotatable bonds is 6. The lowest BCUT2D eigenvalue weighted by molar-refractivity contribution is -0.116. The number of anilines is 2. The summed E-state index contributed by atoms with van der Waals surface area (Å²) in [6, 6.07) is 9.20. The van der Waals surface area contributed by atoms with Gasteiger partial charge in [0.15, 0.2) is 0 Å². The molecule has 0 fully saturated rings. The Kier molecular flexibility index (Phi) is 5.59. The van der Waals surface area contributed by atoms with Crippen molar-refractivity contribution < 1.29 is 9.18 Å². The highest BCUT2D eigenvalue weighted by Gasteiger charge is 2.16. The Morgan fingerprint density at radius 1 is 1.38 bits per heavy atom. The molecule has 5 nitrogen and oxygen atoms in total. The monoisotopic (exact) mass is 328 g/mol. The molecular weight excluding hydrogens is 307 g/mol. The van der Waals surface area contributed by atoms with Gasteiger partial charge in [-0.05, 0) is 49.1 Å². The first-order chi connectivity index (χ1) is 11.4. The van der Waals surface area contributed by atoms with Gasteiger partial charge >= 0.3 is 0 Å². The van der Waals surface area contributed by atoms with Gasteiger partial charge in [0.1, 0.15) is 24.1 Å². The molecule has 0 saturated heterocycles.